The van der Waals surface area contributed by atoms with Crippen LogP contribution in [-0.2, 0) is 10.0 Å². The molecular formula is C24H23F3N6O3S. The van der Waals surface area contributed by atoms with Gasteiger partial charge in [0.05, 0.1) is 6.54 Å². The van der Waals surface area contributed by atoms with E-state index in [0.29, 0.717) is 28.8 Å². The molecule has 4 aromatic rings. The number of H-pyrrole nitrogens is 1. The largest absolute Gasteiger partial charge is 0.467 e. The van der Waals surface area contributed by atoms with E-state index in [1.807, 2.05) is 0 Å². The number of rotatable bonds is 6. The molecule has 1 atom stereocenters. The minimum atomic E-state index is -4.17. The fourth-order valence-electron chi connectivity index (χ4n) is 4.05. The van der Waals surface area contributed by atoms with Crippen LogP contribution in [0, 0.1) is 19.7 Å². The number of alkyl halides is 2. The summed E-state index contributed by atoms with van der Waals surface area (Å²) in [6, 6.07) is 9.84. The van der Waals surface area contributed by atoms with Crippen LogP contribution < -0.4 is 14.8 Å². The van der Waals surface area contributed by atoms with Crippen LogP contribution in [-0.4, -0.2) is 53.7 Å². The number of aryl methyl sites for hydroxylation is 2. The van der Waals surface area contributed by atoms with E-state index in [1.165, 1.54) is 24.3 Å². The first kappa shape index (κ1) is 25.0. The van der Waals surface area contributed by atoms with Crippen LogP contribution in [0.3, 0.4) is 0 Å². The molecule has 0 bridgehead atoms. The normalized spacial score (nSPS) is 17.6. The van der Waals surface area contributed by atoms with Gasteiger partial charge < -0.3 is 10.1 Å². The number of nitrogens with one attached hydrogen (secondary N) is 3. The van der Waals surface area contributed by atoms with E-state index < -0.39 is 39.3 Å². The SMILES string of the molecule is Cc1ccc(F)c(S(=O)(=O)Nc2ccc(-c3nc(OC4CCNCC4(F)F)c4c(C)[nH]nc4n3)cc2)c1. The lowest BCUT2D eigenvalue weighted by molar-refractivity contribution is -0.109. The summed E-state index contributed by atoms with van der Waals surface area (Å²) in [7, 11) is -4.17. The number of fused-ring (bicyclic) bond motifs is 1. The number of sulfonamides is 1. The topological polar surface area (TPSA) is 122 Å². The van der Waals surface area contributed by atoms with E-state index in [4.69, 9.17) is 4.74 Å². The van der Waals surface area contributed by atoms with Gasteiger partial charge in [-0.15, -0.1) is 0 Å². The summed E-state index contributed by atoms with van der Waals surface area (Å²) in [5.41, 5.74) is 2.07. The van der Waals surface area contributed by atoms with Crippen molar-refractivity contribution in [2.24, 2.45) is 0 Å². The summed E-state index contributed by atoms with van der Waals surface area (Å²) in [5.74, 6) is -3.80. The maximum Gasteiger partial charge on any atom is 0.296 e. The lowest BCUT2D eigenvalue weighted by Crippen LogP contribution is -2.52. The Morgan fingerprint density at radius 3 is 2.59 bits per heavy atom. The Balaban J connectivity index is 1.45. The fourth-order valence-corrected chi connectivity index (χ4v) is 5.27. The van der Waals surface area contributed by atoms with Gasteiger partial charge in [0.25, 0.3) is 15.9 Å². The Hall–Kier alpha value is -3.71. The molecule has 37 heavy (non-hydrogen) atoms. The van der Waals surface area contributed by atoms with Crippen LogP contribution in [0.5, 0.6) is 5.88 Å². The van der Waals surface area contributed by atoms with Gasteiger partial charge in [-0.25, -0.2) is 26.6 Å². The molecule has 1 unspecified atom stereocenters. The van der Waals surface area contributed by atoms with Crippen molar-refractivity contribution >= 4 is 26.7 Å². The number of aromatic nitrogens is 4. The molecule has 1 aliphatic rings. The van der Waals surface area contributed by atoms with Crippen molar-refractivity contribution in [2.45, 2.75) is 37.2 Å². The molecule has 1 fully saturated rings. The van der Waals surface area contributed by atoms with Crippen LogP contribution >= 0.6 is 0 Å². The number of anilines is 1. The summed E-state index contributed by atoms with van der Waals surface area (Å²) in [6.45, 7) is 3.27. The van der Waals surface area contributed by atoms with Gasteiger partial charge in [0, 0.05) is 23.4 Å². The molecule has 2 aromatic carbocycles. The van der Waals surface area contributed by atoms with Crippen LogP contribution in [0.2, 0.25) is 0 Å². The van der Waals surface area contributed by atoms with Gasteiger partial charge in [-0.3, -0.25) is 9.82 Å². The Bertz CT molecular complexity index is 1570. The molecule has 1 saturated heterocycles. The molecule has 0 radical (unpaired) electrons. The average Bonchev–Trinajstić information content (AvgIpc) is 3.23. The van der Waals surface area contributed by atoms with Crippen LogP contribution in [0.25, 0.3) is 22.4 Å². The first-order valence-electron chi connectivity index (χ1n) is 11.4. The van der Waals surface area contributed by atoms with E-state index in [1.54, 1.807) is 26.0 Å². The molecule has 2 aromatic heterocycles. The predicted octanol–water partition coefficient (Wildman–Crippen LogP) is 3.95. The van der Waals surface area contributed by atoms with E-state index in [9.17, 15) is 21.6 Å². The Labute approximate surface area is 210 Å². The van der Waals surface area contributed by atoms with E-state index in [2.05, 4.69) is 30.2 Å². The van der Waals surface area contributed by atoms with Crippen molar-refractivity contribution in [1.29, 1.82) is 0 Å². The van der Waals surface area contributed by atoms with Gasteiger partial charge in [-0.2, -0.15) is 10.1 Å². The summed E-state index contributed by atoms with van der Waals surface area (Å²) in [5, 5.41) is 9.96. The minimum Gasteiger partial charge on any atom is -0.467 e. The standard InChI is InChI=1S/C24H23F3N6O3S/c1-13-3-8-17(25)18(11-13)37(34,35)33-16-6-4-15(5-7-16)21-29-22-20(14(2)31-32-22)23(30-21)36-19-9-10-28-12-24(19,26)27/h3-8,11,19,28,33H,9-10,12H2,1-2H3,(H,29,30,31,32). The molecule has 0 saturated carbocycles. The zero-order valence-corrected chi connectivity index (χ0v) is 20.7. The number of piperidine rings is 1. The second kappa shape index (κ2) is 9.30. The predicted molar refractivity (Wildman–Crippen MR) is 131 cm³/mol. The van der Waals surface area contributed by atoms with Gasteiger partial charge in [0.2, 0.25) is 5.88 Å². The van der Waals surface area contributed by atoms with Gasteiger partial charge >= 0.3 is 0 Å². The maximum absolute atomic E-state index is 14.4. The number of benzene rings is 2. The smallest absolute Gasteiger partial charge is 0.296 e. The average molecular weight is 533 g/mol. The van der Waals surface area contributed by atoms with Gasteiger partial charge in [0.15, 0.2) is 17.6 Å². The molecule has 0 spiro atoms. The van der Waals surface area contributed by atoms with Crippen molar-refractivity contribution in [3.05, 3.63) is 59.5 Å². The molecule has 194 valence electrons. The second-order valence-corrected chi connectivity index (χ2v) is 10.5. The highest BCUT2D eigenvalue weighted by atomic mass is 32.2. The second-order valence-electron chi connectivity index (χ2n) is 8.85. The molecule has 0 aliphatic carbocycles. The van der Waals surface area contributed by atoms with Gasteiger partial charge in [0.1, 0.15) is 16.1 Å². The molecule has 9 nitrogen and oxygen atoms in total. The lowest BCUT2D eigenvalue weighted by Gasteiger charge is -2.31. The zero-order chi connectivity index (χ0) is 26.4. The molecule has 3 heterocycles. The molecule has 1 aliphatic heterocycles. The van der Waals surface area contributed by atoms with Crippen molar-refractivity contribution in [2.75, 3.05) is 17.8 Å². The summed E-state index contributed by atoms with van der Waals surface area (Å²) >= 11 is 0. The highest BCUT2D eigenvalue weighted by Crippen LogP contribution is 2.33. The third-order valence-corrected chi connectivity index (χ3v) is 7.40. The highest BCUT2D eigenvalue weighted by Gasteiger charge is 2.44. The lowest BCUT2D eigenvalue weighted by atomic mass is 10.1. The molecule has 13 heteroatoms. The Kier molecular flexibility index (Phi) is 6.28. The van der Waals surface area contributed by atoms with Crippen molar-refractivity contribution in [1.82, 2.24) is 25.5 Å². The van der Waals surface area contributed by atoms with E-state index >= 15 is 0 Å². The van der Waals surface area contributed by atoms with E-state index in [-0.39, 0.29) is 29.5 Å². The first-order chi connectivity index (χ1) is 17.5. The monoisotopic (exact) mass is 532 g/mol. The summed E-state index contributed by atoms with van der Waals surface area (Å²) in [4.78, 5) is 8.35. The molecule has 5 rings (SSSR count). The van der Waals surface area contributed by atoms with Crippen molar-refractivity contribution in [3.63, 3.8) is 0 Å². The Morgan fingerprint density at radius 2 is 1.86 bits per heavy atom. The van der Waals surface area contributed by atoms with Crippen molar-refractivity contribution < 1.29 is 26.3 Å². The molecular weight excluding hydrogens is 509 g/mol. The summed E-state index contributed by atoms with van der Waals surface area (Å²) in [6.07, 6.45) is -1.27. The minimum absolute atomic E-state index is 0.0162. The third-order valence-electron chi connectivity index (χ3n) is 6.00. The van der Waals surface area contributed by atoms with Crippen LogP contribution in [0.1, 0.15) is 17.7 Å². The number of hydrogen-bond donors (Lipinski definition) is 3. The van der Waals surface area contributed by atoms with E-state index in [0.717, 1.165) is 6.07 Å². The van der Waals surface area contributed by atoms with Crippen LogP contribution in [0.15, 0.2) is 47.4 Å². The Morgan fingerprint density at radius 1 is 1.11 bits per heavy atom. The zero-order valence-electron chi connectivity index (χ0n) is 19.8. The van der Waals surface area contributed by atoms with Gasteiger partial charge in [-0.05, 0) is 62.4 Å². The first-order valence-corrected chi connectivity index (χ1v) is 12.9. The fraction of sp³-hybridized carbons (Fsp3) is 0.292. The number of nitrogens with zero attached hydrogens (tertiary/aromatic N) is 3. The number of aromatic amines is 1. The summed E-state index contributed by atoms with van der Waals surface area (Å²) < 4.78 is 76.4. The third kappa shape index (κ3) is 4.96. The quantitative estimate of drug-likeness (QED) is 0.344. The molecule has 0 amide bonds. The number of halogens is 3. The number of hydrogen-bond acceptors (Lipinski definition) is 7. The number of ether oxygens (including phenoxy) is 1. The highest BCUT2D eigenvalue weighted by molar-refractivity contribution is 7.92. The van der Waals surface area contributed by atoms with Crippen LogP contribution in [0.4, 0.5) is 18.9 Å². The van der Waals surface area contributed by atoms with Crippen molar-refractivity contribution in [3.8, 4) is 17.3 Å². The van der Waals surface area contributed by atoms with Gasteiger partial charge in [-0.1, -0.05) is 6.07 Å². The molecule has 3 N–H and O–H groups in total. The maximum atomic E-state index is 14.4.